The van der Waals surface area contributed by atoms with Crippen molar-refractivity contribution >= 4 is 35.0 Å². The molecule has 6 heteroatoms. The van der Waals surface area contributed by atoms with Gasteiger partial charge in [0.2, 0.25) is 11.8 Å². The van der Waals surface area contributed by atoms with E-state index < -0.39 is 0 Å². The summed E-state index contributed by atoms with van der Waals surface area (Å²) >= 11 is 12.0. The molecule has 1 aliphatic heterocycles. The van der Waals surface area contributed by atoms with E-state index in [4.69, 9.17) is 23.2 Å². The van der Waals surface area contributed by atoms with E-state index in [2.05, 4.69) is 5.32 Å². The molecule has 1 saturated heterocycles. The average molecular weight is 357 g/mol. The fourth-order valence-corrected chi connectivity index (χ4v) is 3.20. The van der Waals surface area contributed by atoms with Gasteiger partial charge in [-0.05, 0) is 37.0 Å². The van der Waals surface area contributed by atoms with Crippen LogP contribution in [0.1, 0.15) is 31.7 Å². The molecule has 0 radical (unpaired) electrons. The largest absolute Gasteiger partial charge is 0.356 e. The highest BCUT2D eigenvalue weighted by molar-refractivity contribution is 6.35. The molecule has 23 heavy (non-hydrogen) atoms. The molecule has 2 rings (SSSR count). The lowest BCUT2D eigenvalue weighted by Crippen LogP contribution is -2.43. The number of benzene rings is 1. The first-order chi connectivity index (χ1) is 11.0. The summed E-state index contributed by atoms with van der Waals surface area (Å²) in [5.74, 6) is 0.172. The Kier molecular flexibility index (Phi) is 6.72. The SMILES string of the molecule is CCCNC(=O)C1CCN(C(=O)Cc2ccc(Cl)cc2Cl)CC1. The van der Waals surface area contributed by atoms with Crippen molar-refractivity contribution in [1.82, 2.24) is 10.2 Å². The second-order valence-electron chi connectivity index (χ2n) is 5.86. The van der Waals surface area contributed by atoms with Gasteiger partial charge in [0, 0.05) is 35.6 Å². The number of carbonyl (C=O) groups excluding carboxylic acids is 2. The molecule has 1 N–H and O–H groups in total. The minimum atomic E-state index is 0.0183. The number of hydrogen-bond donors (Lipinski definition) is 1. The molecule has 0 aliphatic carbocycles. The number of nitrogens with zero attached hydrogens (tertiary/aromatic N) is 1. The highest BCUT2D eigenvalue weighted by Crippen LogP contribution is 2.23. The topological polar surface area (TPSA) is 49.4 Å². The zero-order valence-electron chi connectivity index (χ0n) is 13.3. The number of halogens is 2. The third kappa shape index (κ3) is 5.11. The van der Waals surface area contributed by atoms with Crippen molar-refractivity contribution in [2.75, 3.05) is 19.6 Å². The smallest absolute Gasteiger partial charge is 0.227 e. The lowest BCUT2D eigenvalue weighted by molar-refractivity contribution is -0.135. The predicted molar refractivity (Wildman–Crippen MR) is 92.8 cm³/mol. The third-order valence-electron chi connectivity index (χ3n) is 4.12. The van der Waals surface area contributed by atoms with Crippen molar-refractivity contribution in [3.05, 3.63) is 33.8 Å². The van der Waals surface area contributed by atoms with Gasteiger partial charge in [-0.3, -0.25) is 9.59 Å². The summed E-state index contributed by atoms with van der Waals surface area (Å²) in [5.41, 5.74) is 0.781. The van der Waals surface area contributed by atoms with Gasteiger partial charge in [0.1, 0.15) is 0 Å². The number of nitrogens with one attached hydrogen (secondary N) is 1. The van der Waals surface area contributed by atoms with Gasteiger partial charge >= 0.3 is 0 Å². The lowest BCUT2D eigenvalue weighted by Gasteiger charge is -2.31. The molecule has 0 unspecified atom stereocenters. The van der Waals surface area contributed by atoms with Crippen LogP contribution in [0.2, 0.25) is 10.0 Å². The molecular formula is C17H22Cl2N2O2. The first-order valence-electron chi connectivity index (χ1n) is 8.00. The van der Waals surface area contributed by atoms with Gasteiger partial charge in [-0.2, -0.15) is 0 Å². The molecule has 0 bridgehead atoms. The van der Waals surface area contributed by atoms with E-state index in [1.807, 2.05) is 11.8 Å². The van der Waals surface area contributed by atoms with Crippen LogP contribution in [-0.4, -0.2) is 36.3 Å². The highest BCUT2D eigenvalue weighted by atomic mass is 35.5. The number of likely N-dealkylation sites (tertiary alicyclic amines) is 1. The summed E-state index contributed by atoms with van der Waals surface area (Å²) in [6, 6.07) is 5.17. The molecule has 4 nitrogen and oxygen atoms in total. The average Bonchev–Trinajstić information content (AvgIpc) is 2.55. The van der Waals surface area contributed by atoms with Crippen molar-refractivity contribution < 1.29 is 9.59 Å². The van der Waals surface area contributed by atoms with Gasteiger partial charge in [-0.15, -0.1) is 0 Å². The van der Waals surface area contributed by atoms with E-state index in [9.17, 15) is 9.59 Å². The van der Waals surface area contributed by atoms with Crippen LogP contribution in [-0.2, 0) is 16.0 Å². The summed E-state index contributed by atoms with van der Waals surface area (Å²) < 4.78 is 0. The summed E-state index contributed by atoms with van der Waals surface area (Å²) in [5, 5.41) is 4.00. The first-order valence-corrected chi connectivity index (χ1v) is 8.76. The Morgan fingerprint density at radius 1 is 1.26 bits per heavy atom. The summed E-state index contributed by atoms with van der Waals surface area (Å²) in [6.45, 7) is 3.99. The number of piperidine rings is 1. The number of carbonyl (C=O) groups is 2. The summed E-state index contributed by atoms with van der Waals surface area (Å²) in [7, 11) is 0. The second-order valence-corrected chi connectivity index (χ2v) is 6.70. The van der Waals surface area contributed by atoms with Crippen LogP contribution >= 0.6 is 23.2 Å². The van der Waals surface area contributed by atoms with Crippen LogP contribution in [0, 0.1) is 5.92 Å². The van der Waals surface area contributed by atoms with E-state index >= 15 is 0 Å². The standard InChI is InChI=1S/C17H22Cl2N2O2/c1-2-7-20-17(23)12-5-8-21(9-6-12)16(22)10-13-3-4-14(18)11-15(13)19/h3-4,11-12H,2,5-10H2,1H3,(H,20,23). The van der Waals surface area contributed by atoms with Crippen molar-refractivity contribution in [3.8, 4) is 0 Å². The fourth-order valence-electron chi connectivity index (χ4n) is 2.72. The van der Waals surface area contributed by atoms with Gasteiger partial charge in [0.05, 0.1) is 6.42 Å². The van der Waals surface area contributed by atoms with Crippen LogP contribution in [0.15, 0.2) is 18.2 Å². The molecule has 2 amide bonds. The van der Waals surface area contributed by atoms with E-state index in [0.717, 1.165) is 24.8 Å². The van der Waals surface area contributed by atoms with Gasteiger partial charge in [0.25, 0.3) is 0 Å². The van der Waals surface area contributed by atoms with Gasteiger partial charge in [-0.1, -0.05) is 36.2 Å². The molecule has 1 aromatic carbocycles. The minimum absolute atomic E-state index is 0.0183. The maximum Gasteiger partial charge on any atom is 0.227 e. The zero-order valence-corrected chi connectivity index (χ0v) is 14.8. The molecule has 0 aromatic heterocycles. The van der Waals surface area contributed by atoms with Crippen LogP contribution in [0.3, 0.4) is 0 Å². The molecular weight excluding hydrogens is 335 g/mol. The molecule has 1 fully saturated rings. The molecule has 126 valence electrons. The Morgan fingerprint density at radius 2 is 1.96 bits per heavy atom. The van der Waals surface area contributed by atoms with E-state index in [-0.39, 0.29) is 24.2 Å². The first kappa shape index (κ1) is 18.1. The Balaban J connectivity index is 1.85. The van der Waals surface area contributed by atoms with E-state index in [1.165, 1.54) is 0 Å². The quantitative estimate of drug-likeness (QED) is 0.879. The zero-order chi connectivity index (χ0) is 16.8. The normalized spacial score (nSPS) is 15.5. The van der Waals surface area contributed by atoms with E-state index in [1.54, 1.807) is 18.2 Å². The van der Waals surface area contributed by atoms with Gasteiger partial charge in [0.15, 0.2) is 0 Å². The van der Waals surface area contributed by atoms with Crippen molar-refractivity contribution in [3.63, 3.8) is 0 Å². The van der Waals surface area contributed by atoms with Crippen molar-refractivity contribution in [2.24, 2.45) is 5.92 Å². The molecule has 0 saturated carbocycles. The molecule has 1 heterocycles. The Hall–Kier alpha value is -1.26. The number of hydrogen-bond acceptors (Lipinski definition) is 2. The monoisotopic (exact) mass is 356 g/mol. The van der Waals surface area contributed by atoms with Gasteiger partial charge < -0.3 is 10.2 Å². The van der Waals surface area contributed by atoms with Crippen LogP contribution in [0.4, 0.5) is 0 Å². The van der Waals surface area contributed by atoms with Crippen LogP contribution in [0.5, 0.6) is 0 Å². The third-order valence-corrected chi connectivity index (χ3v) is 4.71. The maximum absolute atomic E-state index is 12.4. The van der Waals surface area contributed by atoms with Crippen LogP contribution < -0.4 is 5.32 Å². The van der Waals surface area contributed by atoms with Gasteiger partial charge in [-0.25, -0.2) is 0 Å². The maximum atomic E-state index is 12.4. The molecule has 0 spiro atoms. The van der Waals surface area contributed by atoms with Crippen molar-refractivity contribution in [2.45, 2.75) is 32.6 Å². The van der Waals surface area contributed by atoms with E-state index in [0.29, 0.717) is 29.7 Å². The molecule has 0 atom stereocenters. The molecule has 1 aromatic rings. The second kappa shape index (κ2) is 8.55. The number of rotatable bonds is 5. The Labute approximate surface area is 147 Å². The fraction of sp³-hybridized carbons (Fsp3) is 0.529. The predicted octanol–water partition coefficient (Wildman–Crippen LogP) is 3.30. The lowest BCUT2D eigenvalue weighted by atomic mass is 9.95. The highest BCUT2D eigenvalue weighted by Gasteiger charge is 2.27. The molecule has 1 aliphatic rings. The summed E-state index contributed by atoms with van der Waals surface area (Å²) in [6.07, 6.45) is 2.64. The summed E-state index contributed by atoms with van der Waals surface area (Å²) in [4.78, 5) is 26.2. The Morgan fingerprint density at radius 3 is 2.57 bits per heavy atom. The Bertz CT molecular complexity index is 570. The van der Waals surface area contributed by atoms with Crippen molar-refractivity contribution in [1.29, 1.82) is 0 Å². The minimum Gasteiger partial charge on any atom is -0.356 e. The van der Waals surface area contributed by atoms with Crippen LogP contribution in [0.25, 0.3) is 0 Å². The number of amides is 2.